The fourth-order valence-electron chi connectivity index (χ4n) is 4.44. The molecule has 17 heavy (non-hydrogen) atoms. The van der Waals surface area contributed by atoms with E-state index in [0.29, 0.717) is 11.8 Å². The summed E-state index contributed by atoms with van der Waals surface area (Å²) in [5, 5.41) is 0. The van der Waals surface area contributed by atoms with Gasteiger partial charge in [-0.2, -0.15) is 0 Å². The summed E-state index contributed by atoms with van der Waals surface area (Å²) in [7, 11) is 3.34. The van der Waals surface area contributed by atoms with E-state index in [2.05, 4.69) is 0 Å². The van der Waals surface area contributed by atoms with E-state index >= 15 is 0 Å². The van der Waals surface area contributed by atoms with Crippen molar-refractivity contribution in [1.82, 2.24) is 4.90 Å². The van der Waals surface area contributed by atoms with Gasteiger partial charge < -0.3 is 9.64 Å². The summed E-state index contributed by atoms with van der Waals surface area (Å²) in [6.07, 6.45) is 3.10. The van der Waals surface area contributed by atoms with Gasteiger partial charge in [-0.3, -0.25) is 9.59 Å². The van der Waals surface area contributed by atoms with E-state index in [-0.39, 0.29) is 29.6 Å². The third-order valence-electron chi connectivity index (χ3n) is 4.99. The molecule has 0 aromatic rings. The minimum absolute atomic E-state index is 0.0276. The minimum Gasteiger partial charge on any atom is -0.469 e. The SMILES string of the molecule is COC(=O)C1CC2CC3CN(C)C(=O)C(C2)C31. The van der Waals surface area contributed by atoms with Gasteiger partial charge in [0.1, 0.15) is 0 Å². The molecule has 4 rings (SSSR count). The predicted octanol–water partition coefficient (Wildman–Crippen LogP) is 0.910. The Labute approximate surface area is 101 Å². The lowest BCUT2D eigenvalue weighted by molar-refractivity contribution is -0.169. The third-order valence-corrected chi connectivity index (χ3v) is 4.99. The standard InChI is InChI=1S/C13H19NO3/c1-14-6-8-3-7-4-9(12(14)15)11(8)10(5-7)13(16)17-2/h7-11H,3-6H2,1-2H3. The van der Waals surface area contributed by atoms with Crippen molar-refractivity contribution in [2.75, 3.05) is 20.7 Å². The number of methoxy groups -OCH3 is 1. The highest BCUT2D eigenvalue weighted by molar-refractivity contribution is 5.82. The monoisotopic (exact) mass is 237 g/mol. The van der Waals surface area contributed by atoms with Crippen LogP contribution in [0.25, 0.3) is 0 Å². The molecule has 0 radical (unpaired) electrons. The van der Waals surface area contributed by atoms with Crippen LogP contribution in [0.15, 0.2) is 0 Å². The topological polar surface area (TPSA) is 46.6 Å². The van der Waals surface area contributed by atoms with Crippen LogP contribution in [-0.4, -0.2) is 37.5 Å². The number of amides is 1. The maximum atomic E-state index is 12.2. The molecule has 1 saturated heterocycles. The Hall–Kier alpha value is -1.06. The van der Waals surface area contributed by atoms with Gasteiger partial charge in [-0.25, -0.2) is 0 Å². The number of piperidine rings is 1. The summed E-state index contributed by atoms with van der Waals surface area (Å²) in [5.74, 6) is 1.50. The number of likely N-dealkylation sites (tertiary alicyclic amines) is 1. The van der Waals surface area contributed by atoms with Gasteiger partial charge in [-0.1, -0.05) is 0 Å². The van der Waals surface area contributed by atoms with Crippen LogP contribution in [-0.2, 0) is 14.3 Å². The van der Waals surface area contributed by atoms with E-state index < -0.39 is 0 Å². The molecule has 4 bridgehead atoms. The summed E-state index contributed by atoms with van der Waals surface area (Å²) in [6.45, 7) is 0.823. The molecule has 3 aliphatic carbocycles. The number of ether oxygens (including phenoxy) is 1. The third kappa shape index (κ3) is 1.49. The average Bonchev–Trinajstić information content (AvgIpc) is 2.35. The van der Waals surface area contributed by atoms with Gasteiger partial charge in [0.25, 0.3) is 0 Å². The smallest absolute Gasteiger partial charge is 0.308 e. The number of fused-ring (bicyclic) bond motifs is 1. The Bertz CT molecular complexity index is 360. The summed E-state index contributed by atoms with van der Waals surface area (Å²) in [6, 6.07) is 0. The molecule has 0 N–H and O–H groups in total. The normalized spacial score (nSPS) is 43.8. The summed E-state index contributed by atoms with van der Waals surface area (Å²) in [5.41, 5.74) is 0. The van der Waals surface area contributed by atoms with E-state index in [1.165, 1.54) is 13.5 Å². The second-order valence-corrected chi connectivity index (χ2v) is 5.87. The number of rotatable bonds is 1. The average molecular weight is 237 g/mol. The summed E-state index contributed by atoms with van der Waals surface area (Å²) in [4.78, 5) is 25.8. The van der Waals surface area contributed by atoms with Gasteiger partial charge in [0.05, 0.1) is 13.0 Å². The molecule has 3 saturated carbocycles. The molecule has 94 valence electrons. The van der Waals surface area contributed by atoms with Crippen LogP contribution in [0.3, 0.4) is 0 Å². The second kappa shape index (κ2) is 3.72. The lowest BCUT2D eigenvalue weighted by atomic mass is 9.53. The quantitative estimate of drug-likeness (QED) is 0.637. The maximum Gasteiger partial charge on any atom is 0.308 e. The van der Waals surface area contributed by atoms with Crippen molar-refractivity contribution in [3.8, 4) is 0 Å². The molecular weight excluding hydrogens is 218 g/mol. The number of hydrogen-bond donors (Lipinski definition) is 0. The fourth-order valence-corrected chi connectivity index (χ4v) is 4.44. The molecule has 4 heteroatoms. The summed E-state index contributed by atoms with van der Waals surface area (Å²) < 4.78 is 4.91. The zero-order valence-corrected chi connectivity index (χ0v) is 10.4. The van der Waals surface area contributed by atoms with E-state index in [4.69, 9.17) is 4.74 Å². The van der Waals surface area contributed by atoms with Crippen LogP contribution >= 0.6 is 0 Å². The highest BCUT2D eigenvalue weighted by Gasteiger charge is 2.55. The lowest BCUT2D eigenvalue weighted by Crippen LogP contribution is -2.59. The number of nitrogens with zero attached hydrogens (tertiary/aromatic N) is 1. The lowest BCUT2D eigenvalue weighted by Gasteiger charge is -2.55. The molecule has 5 atom stereocenters. The van der Waals surface area contributed by atoms with Crippen molar-refractivity contribution < 1.29 is 14.3 Å². The molecule has 4 fully saturated rings. The van der Waals surface area contributed by atoms with Crippen molar-refractivity contribution >= 4 is 11.9 Å². The number of carbonyl (C=O) groups excluding carboxylic acids is 2. The number of carbonyl (C=O) groups is 2. The molecular formula is C13H19NO3. The molecule has 5 unspecified atom stereocenters. The Morgan fingerprint density at radius 1 is 1.35 bits per heavy atom. The van der Waals surface area contributed by atoms with E-state index in [0.717, 1.165) is 19.4 Å². The molecule has 0 aromatic carbocycles. The zero-order chi connectivity index (χ0) is 12.2. The van der Waals surface area contributed by atoms with Crippen molar-refractivity contribution in [3.05, 3.63) is 0 Å². The molecule has 1 heterocycles. The molecule has 0 aromatic heterocycles. The molecule has 4 aliphatic rings. The first-order valence-electron chi connectivity index (χ1n) is 6.44. The Balaban J connectivity index is 1.91. The van der Waals surface area contributed by atoms with Gasteiger partial charge in [-0.05, 0) is 37.0 Å². The van der Waals surface area contributed by atoms with Crippen LogP contribution in [0.2, 0.25) is 0 Å². The van der Waals surface area contributed by atoms with Gasteiger partial charge in [0.2, 0.25) is 5.91 Å². The number of esters is 1. The molecule has 1 amide bonds. The zero-order valence-electron chi connectivity index (χ0n) is 10.4. The molecule has 0 spiro atoms. The van der Waals surface area contributed by atoms with Gasteiger partial charge in [0.15, 0.2) is 0 Å². The number of hydrogen-bond acceptors (Lipinski definition) is 3. The Morgan fingerprint density at radius 2 is 2.12 bits per heavy atom. The predicted molar refractivity (Wildman–Crippen MR) is 61.0 cm³/mol. The largest absolute Gasteiger partial charge is 0.469 e. The fraction of sp³-hybridized carbons (Fsp3) is 0.846. The van der Waals surface area contributed by atoms with Crippen LogP contribution < -0.4 is 0 Å². The Kier molecular flexibility index (Phi) is 2.42. The van der Waals surface area contributed by atoms with Gasteiger partial charge in [0, 0.05) is 19.5 Å². The summed E-state index contributed by atoms with van der Waals surface area (Å²) >= 11 is 0. The van der Waals surface area contributed by atoms with E-state index in [1.807, 2.05) is 11.9 Å². The second-order valence-electron chi connectivity index (χ2n) is 5.87. The first kappa shape index (κ1) is 11.1. The molecule has 4 nitrogen and oxygen atoms in total. The maximum absolute atomic E-state index is 12.2. The minimum atomic E-state index is -0.105. The van der Waals surface area contributed by atoms with Gasteiger partial charge in [-0.15, -0.1) is 0 Å². The van der Waals surface area contributed by atoms with Crippen LogP contribution in [0.4, 0.5) is 0 Å². The van der Waals surface area contributed by atoms with E-state index in [1.54, 1.807) is 0 Å². The van der Waals surface area contributed by atoms with Crippen molar-refractivity contribution in [2.24, 2.45) is 29.6 Å². The van der Waals surface area contributed by atoms with Crippen molar-refractivity contribution in [2.45, 2.75) is 19.3 Å². The highest BCUT2D eigenvalue weighted by Crippen LogP contribution is 2.54. The Morgan fingerprint density at radius 3 is 2.82 bits per heavy atom. The van der Waals surface area contributed by atoms with Crippen LogP contribution in [0.5, 0.6) is 0 Å². The van der Waals surface area contributed by atoms with Crippen LogP contribution in [0.1, 0.15) is 19.3 Å². The van der Waals surface area contributed by atoms with Crippen molar-refractivity contribution in [3.63, 3.8) is 0 Å². The van der Waals surface area contributed by atoms with Gasteiger partial charge >= 0.3 is 5.97 Å². The highest BCUT2D eigenvalue weighted by atomic mass is 16.5. The van der Waals surface area contributed by atoms with Crippen LogP contribution in [0, 0.1) is 29.6 Å². The molecule has 1 aliphatic heterocycles. The first-order chi connectivity index (χ1) is 8.11. The first-order valence-corrected chi connectivity index (χ1v) is 6.44. The van der Waals surface area contributed by atoms with E-state index in [9.17, 15) is 9.59 Å². The van der Waals surface area contributed by atoms with Crippen molar-refractivity contribution in [1.29, 1.82) is 0 Å².